The maximum absolute atomic E-state index is 2.51. The molecule has 118 valence electrons. The second-order valence-corrected chi connectivity index (χ2v) is 5.90. The second-order valence-electron chi connectivity index (χ2n) is 5.90. The molecule has 0 spiro atoms. The van der Waals surface area contributed by atoms with Crippen LogP contribution in [-0.4, -0.2) is 13.1 Å². The van der Waals surface area contributed by atoms with E-state index in [1.165, 1.54) is 17.7 Å². The fraction of sp³-hybridized carbons (Fsp3) is 0.429. The number of anilines is 1. The van der Waals surface area contributed by atoms with Gasteiger partial charge in [0.1, 0.15) is 0 Å². The highest BCUT2D eigenvalue weighted by atomic mass is 15.1. The van der Waals surface area contributed by atoms with E-state index in [4.69, 9.17) is 0 Å². The smallest absolute Gasteiger partial charge is 0.0394 e. The molecule has 0 N–H and O–H groups in total. The lowest BCUT2D eigenvalue weighted by molar-refractivity contribution is 0.564. The molecule has 0 radical (unpaired) electrons. The molecule has 1 aromatic carbocycles. The summed E-state index contributed by atoms with van der Waals surface area (Å²) in [6.45, 7) is 8.78. The lowest BCUT2D eigenvalue weighted by Crippen LogP contribution is -2.36. The largest absolute Gasteiger partial charge is 0.367 e. The van der Waals surface area contributed by atoms with Crippen LogP contribution >= 0.6 is 0 Å². The van der Waals surface area contributed by atoms with Crippen LogP contribution in [0.5, 0.6) is 0 Å². The molecule has 1 heteroatoms. The van der Waals surface area contributed by atoms with Crippen molar-refractivity contribution >= 4 is 5.69 Å². The molecule has 0 amide bonds. The zero-order valence-electron chi connectivity index (χ0n) is 14.3. The minimum absolute atomic E-state index is 0.594. The molecule has 22 heavy (non-hydrogen) atoms. The van der Waals surface area contributed by atoms with Crippen LogP contribution in [0.4, 0.5) is 5.69 Å². The number of hydrogen-bond acceptors (Lipinski definition) is 1. The number of allylic oxidation sites excluding steroid dienone is 5. The molecule has 1 aliphatic rings. The average molecular weight is 295 g/mol. The van der Waals surface area contributed by atoms with Gasteiger partial charge >= 0.3 is 0 Å². The molecule has 1 unspecified atom stereocenters. The van der Waals surface area contributed by atoms with Gasteiger partial charge in [-0.15, -0.1) is 0 Å². The third-order valence-electron chi connectivity index (χ3n) is 4.30. The molecule has 1 aromatic rings. The van der Waals surface area contributed by atoms with Crippen molar-refractivity contribution in [3.8, 4) is 0 Å². The van der Waals surface area contributed by atoms with Gasteiger partial charge in [0.2, 0.25) is 0 Å². The summed E-state index contributed by atoms with van der Waals surface area (Å²) in [5.74, 6) is 0.594. The van der Waals surface area contributed by atoms with Crippen molar-refractivity contribution in [2.24, 2.45) is 5.92 Å². The van der Waals surface area contributed by atoms with Crippen molar-refractivity contribution < 1.29 is 0 Å². The van der Waals surface area contributed by atoms with Gasteiger partial charge in [0.15, 0.2) is 0 Å². The van der Waals surface area contributed by atoms with Gasteiger partial charge in [-0.05, 0) is 49.5 Å². The normalized spacial score (nSPS) is 21.8. The van der Waals surface area contributed by atoms with E-state index in [0.717, 1.165) is 25.9 Å². The van der Waals surface area contributed by atoms with Crippen LogP contribution in [0.25, 0.3) is 0 Å². The third-order valence-corrected chi connectivity index (χ3v) is 4.30. The highest BCUT2D eigenvalue weighted by Gasteiger charge is 2.25. The van der Waals surface area contributed by atoms with E-state index in [2.05, 4.69) is 80.3 Å². The van der Waals surface area contributed by atoms with Crippen LogP contribution in [0.1, 0.15) is 40.0 Å². The van der Waals surface area contributed by atoms with Gasteiger partial charge < -0.3 is 4.90 Å². The fourth-order valence-electron chi connectivity index (χ4n) is 3.34. The van der Waals surface area contributed by atoms with Gasteiger partial charge in [0, 0.05) is 24.7 Å². The van der Waals surface area contributed by atoms with Crippen molar-refractivity contribution in [2.45, 2.75) is 40.0 Å². The van der Waals surface area contributed by atoms with Crippen molar-refractivity contribution in [3.63, 3.8) is 0 Å². The van der Waals surface area contributed by atoms with Gasteiger partial charge in [-0.3, -0.25) is 0 Å². The number of rotatable bonds is 5. The Labute approximate surface area is 136 Å². The van der Waals surface area contributed by atoms with E-state index in [1.807, 2.05) is 0 Å². The van der Waals surface area contributed by atoms with Gasteiger partial charge in [0.05, 0.1) is 0 Å². The van der Waals surface area contributed by atoms with Crippen molar-refractivity contribution in [2.75, 3.05) is 18.0 Å². The molecule has 2 rings (SSSR count). The van der Waals surface area contributed by atoms with E-state index in [9.17, 15) is 0 Å². The Morgan fingerprint density at radius 3 is 2.59 bits per heavy atom. The Bertz CT molecular complexity index is 536. The molecule has 1 heterocycles. The van der Waals surface area contributed by atoms with Crippen LogP contribution in [0.15, 0.2) is 65.8 Å². The summed E-state index contributed by atoms with van der Waals surface area (Å²) in [6.07, 6.45) is 12.7. The Hall–Kier alpha value is -1.76. The predicted molar refractivity (Wildman–Crippen MR) is 98.3 cm³/mol. The highest BCUT2D eigenvalue weighted by Crippen LogP contribution is 2.33. The van der Waals surface area contributed by atoms with E-state index >= 15 is 0 Å². The topological polar surface area (TPSA) is 3.24 Å². The van der Waals surface area contributed by atoms with E-state index in [-0.39, 0.29) is 0 Å². The number of hydrogen-bond donors (Lipinski definition) is 0. The van der Waals surface area contributed by atoms with Gasteiger partial charge in [-0.25, -0.2) is 0 Å². The molecule has 0 bridgehead atoms. The minimum atomic E-state index is 0.594. The molecule has 1 nitrogen and oxygen atoms in total. The zero-order valence-corrected chi connectivity index (χ0v) is 14.3. The summed E-state index contributed by atoms with van der Waals surface area (Å²) in [4.78, 5) is 2.51. The van der Waals surface area contributed by atoms with Crippen LogP contribution in [0.2, 0.25) is 0 Å². The average Bonchev–Trinajstić information content (AvgIpc) is 2.56. The number of nitrogens with zero attached hydrogens (tertiary/aromatic N) is 1. The first-order chi connectivity index (χ1) is 10.8. The maximum atomic E-state index is 2.51. The second kappa shape index (κ2) is 8.63. The molecular formula is C21H29N. The van der Waals surface area contributed by atoms with Gasteiger partial charge in [0.25, 0.3) is 0 Å². The zero-order chi connectivity index (χ0) is 15.8. The highest BCUT2D eigenvalue weighted by molar-refractivity contribution is 5.49. The van der Waals surface area contributed by atoms with Crippen molar-refractivity contribution in [1.82, 2.24) is 0 Å². The van der Waals surface area contributed by atoms with E-state index < -0.39 is 0 Å². The summed E-state index contributed by atoms with van der Waals surface area (Å²) in [5.41, 5.74) is 4.42. The summed E-state index contributed by atoms with van der Waals surface area (Å²) >= 11 is 0. The Balaban J connectivity index is 2.22. The summed E-state index contributed by atoms with van der Waals surface area (Å²) < 4.78 is 0. The number of para-hydroxylation sites is 1. The van der Waals surface area contributed by atoms with Crippen molar-refractivity contribution in [1.29, 1.82) is 0 Å². The number of benzene rings is 1. The van der Waals surface area contributed by atoms with E-state index in [0.29, 0.717) is 5.92 Å². The molecule has 0 saturated carbocycles. The standard InChI is InChI=1S/C21H29N/c1-4-10-18(11-5-2)21-15-16-22(17-19(21)12-6-3)20-13-8-7-9-14-20/h4,7-14,21H,5-6,15-17H2,1-3H3/b10-4?,18-11-,19-12+. The Kier molecular flexibility index (Phi) is 6.51. The fourth-order valence-corrected chi connectivity index (χ4v) is 3.34. The summed E-state index contributed by atoms with van der Waals surface area (Å²) in [6, 6.07) is 10.8. The monoisotopic (exact) mass is 295 g/mol. The van der Waals surface area contributed by atoms with Crippen LogP contribution < -0.4 is 4.90 Å². The third kappa shape index (κ3) is 4.13. The molecule has 1 atom stereocenters. The minimum Gasteiger partial charge on any atom is -0.367 e. The predicted octanol–water partition coefficient (Wildman–Crippen LogP) is 5.76. The lowest BCUT2D eigenvalue weighted by atomic mass is 9.83. The van der Waals surface area contributed by atoms with Crippen LogP contribution in [0.3, 0.4) is 0 Å². The first-order valence-corrected chi connectivity index (χ1v) is 8.61. The van der Waals surface area contributed by atoms with Crippen molar-refractivity contribution in [3.05, 3.63) is 65.8 Å². The van der Waals surface area contributed by atoms with Crippen LogP contribution in [0, 0.1) is 5.92 Å². The maximum Gasteiger partial charge on any atom is 0.0394 e. The lowest BCUT2D eigenvalue weighted by Gasteiger charge is -2.36. The van der Waals surface area contributed by atoms with Crippen LogP contribution in [-0.2, 0) is 0 Å². The molecule has 1 saturated heterocycles. The summed E-state index contributed by atoms with van der Waals surface area (Å²) in [7, 11) is 0. The molecule has 1 fully saturated rings. The van der Waals surface area contributed by atoms with Gasteiger partial charge in [-0.1, -0.05) is 56.4 Å². The molecule has 0 aliphatic carbocycles. The number of piperidine rings is 1. The first-order valence-electron chi connectivity index (χ1n) is 8.61. The van der Waals surface area contributed by atoms with Gasteiger partial charge in [-0.2, -0.15) is 0 Å². The molecular weight excluding hydrogens is 266 g/mol. The SMILES string of the molecule is CC=C/C(=C/CC)C1CCN(c2ccccc2)C/C1=C\CC. The quantitative estimate of drug-likeness (QED) is 0.493. The molecule has 1 aliphatic heterocycles. The Morgan fingerprint density at radius 1 is 1.18 bits per heavy atom. The van der Waals surface area contributed by atoms with E-state index in [1.54, 1.807) is 5.57 Å². The molecule has 0 aromatic heterocycles. The Morgan fingerprint density at radius 2 is 1.95 bits per heavy atom. The summed E-state index contributed by atoms with van der Waals surface area (Å²) in [5, 5.41) is 0. The first kappa shape index (κ1) is 16.6.